The Balaban J connectivity index is 1.66. The summed E-state index contributed by atoms with van der Waals surface area (Å²) in [6.07, 6.45) is 1.85. The van der Waals surface area contributed by atoms with E-state index in [2.05, 4.69) is 20.5 Å². The maximum absolute atomic E-state index is 13.9. The number of nitrogens with zero attached hydrogens (tertiary/aromatic N) is 2. The normalized spacial score (nSPS) is 15.8. The van der Waals surface area contributed by atoms with Crippen LogP contribution in [0, 0.1) is 5.82 Å². The number of aromatic amines is 1. The highest BCUT2D eigenvalue weighted by Gasteiger charge is 2.33. The van der Waals surface area contributed by atoms with E-state index in [4.69, 9.17) is 4.74 Å². The molecule has 3 N–H and O–H groups in total. The van der Waals surface area contributed by atoms with Crippen LogP contribution in [-0.2, 0) is 9.53 Å². The molecular formula is C17H21FN4O3S. The van der Waals surface area contributed by atoms with E-state index < -0.39 is 10.6 Å². The molecule has 1 aromatic carbocycles. The van der Waals surface area contributed by atoms with Gasteiger partial charge in [0.05, 0.1) is 10.3 Å². The lowest BCUT2D eigenvalue weighted by Crippen LogP contribution is -2.37. The van der Waals surface area contributed by atoms with Crippen molar-refractivity contribution in [1.82, 2.24) is 15.2 Å². The summed E-state index contributed by atoms with van der Waals surface area (Å²) in [5, 5.41) is 18.9. The molecule has 1 amide bonds. The van der Waals surface area contributed by atoms with Crippen molar-refractivity contribution in [2.45, 2.75) is 36.7 Å². The summed E-state index contributed by atoms with van der Waals surface area (Å²) >= 11 is 1.61. The van der Waals surface area contributed by atoms with Crippen LogP contribution in [0.2, 0.25) is 0 Å². The number of nitrogens with one attached hydrogen (secondary N) is 2. The van der Waals surface area contributed by atoms with Gasteiger partial charge in [-0.05, 0) is 38.8 Å². The number of carbonyl (C=O) groups excluding carboxylic acids is 1. The van der Waals surface area contributed by atoms with Crippen LogP contribution in [0.5, 0.6) is 5.75 Å². The molecule has 0 spiro atoms. The average molecular weight is 380 g/mol. The van der Waals surface area contributed by atoms with E-state index in [9.17, 15) is 14.3 Å². The first-order chi connectivity index (χ1) is 12.3. The molecule has 1 aliphatic heterocycles. The molecule has 0 saturated carbocycles. The molecule has 0 atom stereocenters. The molecule has 140 valence electrons. The van der Waals surface area contributed by atoms with Gasteiger partial charge in [0.25, 0.3) is 0 Å². The highest BCUT2D eigenvalue weighted by molar-refractivity contribution is 8.02. The van der Waals surface area contributed by atoms with E-state index in [1.807, 2.05) is 13.8 Å². The highest BCUT2D eigenvalue weighted by atomic mass is 32.2. The van der Waals surface area contributed by atoms with Crippen molar-refractivity contribution < 1.29 is 19.0 Å². The number of amides is 1. The molecular weight excluding hydrogens is 359 g/mol. The molecule has 0 unspecified atom stereocenters. The Morgan fingerprint density at radius 1 is 1.42 bits per heavy atom. The van der Waals surface area contributed by atoms with Crippen LogP contribution in [0.4, 0.5) is 10.3 Å². The molecule has 3 rings (SSSR count). The van der Waals surface area contributed by atoms with Gasteiger partial charge >= 0.3 is 0 Å². The Bertz CT molecular complexity index is 790. The molecule has 1 fully saturated rings. The first kappa shape index (κ1) is 18.7. The number of hydrogen-bond donors (Lipinski definition) is 3. The van der Waals surface area contributed by atoms with E-state index in [0.29, 0.717) is 5.25 Å². The first-order valence-corrected chi connectivity index (χ1v) is 9.21. The minimum atomic E-state index is -0.660. The number of rotatable bonds is 5. The zero-order valence-electron chi connectivity index (χ0n) is 14.6. The van der Waals surface area contributed by atoms with Crippen LogP contribution in [0.3, 0.4) is 0 Å². The molecule has 1 aromatic heterocycles. The number of carbonyl (C=O) groups is 1. The van der Waals surface area contributed by atoms with Gasteiger partial charge in [-0.15, -0.1) is 16.9 Å². The quantitative estimate of drug-likeness (QED) is 0.737. The van der Waals surface area contributed by atoms with Gasteiger partial charge in [0.2, 0.25) is 11.9 Å². The standard InChI is InChI=1S/C17H21FN4O3S/c1-17(2,26-11-5-7-25-8-6-11)15(24)20-16-19-14(21-22-16)12-4-3-10(23)9-13(12)18/h3-4,9,11,23H,5-8H2,1-2H3,(H2,19,20,21,22,24). The molecule has 9 heteroatoms. The number of phenols is 1. The number of phenolic OH excluding ortho intramolecular Hbond substituents is 1. The Morgan fingerprint density at radius 3 is 2.85 bits per heavy atom. The molecule has 7 nitrogen and oxygen atoms in total. The first-order valence-electron chi connectivity index (χ1n) is 8.33. The highest BCUT2D eigenvalue weighted by Crippen LogP contribution is 2.34. The summed E-state index contributed by atoms with van der Waals surface area (Å²) in [6, 6.07) is 3.73. The number of ether oxygens (including phenoxy) is 1. The summed E-state index contributed by atoms with van der Waals surface area (Å²) in [4.78, 5) is 16.7. The zero-order chi connectivity index (χ0) is 18.7. The summed E-state index contributed by atoms with van der Waals surface area (Å²) < 4.78 is 18.6. The van der Waals surface area contributed by atoms with Gasteiger partial charge in [-0.25, -0.2) is 4.39 Å². The fourth-order valence-corrected chi connectivity index (χ4v) is 4.07. The van der Waals surface area contributed by atoms with Gasteiger partial charge < -0.3 is 9.84 Å². The molecule has 0 radical (unpaired) electrons. The predicted molar refractivity (Wildman–Crippen MR) is 97.6 cm³/mol. The van der Waals surface area contributed by atoms with Crippen molar-refractivity contribution in [3.63, 3.8) is 0 Å². The van der Waals surface area contributed by atoms with Crippen molar-refractivity contribution in [2.75, 3.05) is 18.5 Å². The second-order valence-electron chi connectivity index (χ2n) is 6.57. The lowest BCUT2D eigenvalue weighted by atomic mass is 10.2. The second kappa shape index (κ2) is 7.63. The molecule has 1 aliphatic rings. The second-order valence-corrected chi connectivity index (χ2v) is 8.49. The predicted octanol–water partition coefficient (Wildman–Crippen LogP) is 2.95. The molecule has 2 heterocycles. The number of aromatic nitrogens is 3. The maximum atomic E-state index is 13.9. The summed E-state index contributed by atoms with van der Waals surface area (Å²) in [5.41, 5.74) is 0.159. The molecule has 26 heavy (non-hydrogen) atoms. The Kier molecular flexibility index (Phi) is 5.47. The van der Waals surface area contributed by atoms with Gasteiger partial charge in [-0.3, -0.25) is 15.2 Å². The largest absolute Gasteiger partial charge is 0.508 e. The number of aromatic hydroxyl groups is 1. The van der Waals surface area contributed by atoms with Crippen LogP contribution in [0.25, 0.3) is 11.4 Å². The molecule has 2 aromatic rings. The van der Waals surface area contributed by atoms with Crippen LogP contribution >= 0.6 is 11.8 Å². The van der Waals surface area contributed by atoms with Gasteiger partial charge in [0.15, 0.2) is 5.82 Å². The van der Waals surface area contributed by atoms with Crippen molar-refractivity contribution in [2.24, 2.45) is 0 Å². The fraction of sp³-hybridized carbons (Fsp3) is 0.471. The van der Waals surface area contributed by atoms with Crippen molar-refractivity contribution in [3.05, 3.63) is 24.0 Å². The number of halogens is 1. The fourth-order valence-electron chi connectivity index (χ4n) is 2.65. The Morgan fingerprint density at radius 2 is 2.15 bits per heavy atom. The monoisotopic (exact) mass is 380 g/mol. The number of benzene rings is 1. The third kappa shape index (κ3) is 4.34. The van der Waals surface area contributed by atoms with E-state index >= 15 is 0 Å². The molecule has 1 saturated heterocycles. The number of thioether (sulfide) groups is 1. The SMILES string of the molecule is CC(C)(SC1CCOCC1)C(=O)Nc1n[nH]c(-c2ccc(O)cc2F)n1. The number of hydrogen-bond acceptors (Lipinski definition) is 6. The minimum Gasteiger partial charge on any atom is -0.508 e. The van der Waals surface area contributed by atoms with Gasteiger partial charge in [-0.1, -0.05) is 0 Å². The topological polar surface area (TPSA) is 100 Å². The lowest BCUT2D eigenvalue weighted by Gasteiger charge is -2.30. The van der Waals surface area contributed by atoms with Crippen molar-refractivity contribution in [3.8, 4) is 17.1 Å². The van der Waals surface area contributed by atoms with E-state index in [1.165, 1.54) is 12.1 Å². The summed E-state index contributed by atoms with van der Waals surface area (Å²) in [5.74, 6) is -0.767. The smallest absolute Gasteiger partial charge is 0.249 e. The molecule has 0 aliphatic carbocycles. The van der Waals surface area contributed by atoms with E-state index in [0.717, 1.165) is 32.1 Å². The Hall–Kier alpha value is -2.13. The summed E-state index contributed by atoms with van der Waals surface area (Å²) in [7, 11) is 0. The van der Waals surface area contributed by atoms with E-state index in [1.54, 1.807) is 11.8 Å². The van der Waals surface area contributed by atoms with Crippen LogP contribution in [0.15, 0.2) is 18.2 Å². The van der Waals surface area contributed by atoms with E-state index in [-0.39, 0.29) is 29.0 Å². The third-order valence-corrected chi connectivity index (χ3v) is 5.67. The maximum Gasteiger partial charge on any atom is 0.249 e. The third-order valence-electron chi connectivity index (χ3n) is 4.09. The van der Waals surface area contributed by atoms with Gasteiger partial charge in [0.1, 0.15) is 11.6 Å². The van der Waals surface area contributed by atoms with Crippen molar-refractivity contribution >= 4 is 23.6 Å². The number of anilines is 1. The van der Waals surface area contributed by atoms with Crippen LogP contribution < -0.4 is 5.32 Å². The zero-order valence-corrected chi connectivity index (χ0v) is 15.4. The Labute approximate surface area is 154 Å². The van der Waals surface area contributed by atoms with Crippen LogP contribution in [0.1, 0.15) is 26.7 Å². The average Bonchev–Trinajstić information content (AvgIpc) is 3.03. The molecule has 0 bridgehead atoms. The number of H-pyrrole nitrogens is 1. The van der Waals surface area contributed by atoms with Crippen molar-refractivity contribution in [1.29, 1.82) is 0 Å². The van der Waals surface area contributed by atoms with Gasteiger partial charge in [0, 0.05) is 24.5 Å². The minimum absolute atomic E-state index is 0.0816. The van der Waals surface area contributed by atoms with Gasteiger partial charge in [-0.2, -0.15) is 4.98 Å². The summed E-state index contributed by atoms with van der Waals surface area (Å²) in [6.45, 7) is 5.15. The lowest BCUT2D eigenvalue weighted by molar-refractivity contribution is -0.117. The van der Waals surface area contributed by atoms with Crippen LogP contribution in [-0.4, -0.2) is 49.4 Å².